The van der Waals surface area contributed by atoms with Crippen LogP contribution in [-0.4, -0.2) is 268 Å². The topological polar surface area (TPSA) is 421 Å². The lowest BCUT2D eigenvalue weighted by Gasteiger charge is -2.35. The van der Waals surface area contributed by atoms with Crippen molar-refractivity contribution in [1.29, 1.82) is 0 Å². The largest absolute Gasteiger partial charge is 0.506 e. The predicted octanol–water partition coefficient (Wildman–Crippen LogP) is 7.90. The number of phenols is 14. The van der Waals surface area contributed by atoms with E-state index in [0.29, 0.717) is 91.2 Å². The fraction of sp³-hybridized carbons (Fsp3) is 0.431. The van der Waals surface area contributed by atoms with E-state index < -0.39 is 17.9 Å². The zero-order valence-electron chi connectivity index (χ0n) is 50.7. The molecule has 0 atom stereocenters. The Hall–Kier alpha value is -1.31. The minimum absolute atomic E-state index is 0.0299. The van der Waals surface area contributed by atoms with Gasteiger partial charge in [0.25, 0.3) is 0 Å². The van der Waals surface area contributed by atoms with E-state index in [4.69, 9.17) is 0 Å². The molecule has 38 heteroatoms. The van der Waals surface area contributed by atoms with Crippen LogP contribution >= 0.6 is 226 Å². The van der Waals surface area contributed by atoms with E-state index in [-0.39, 0.29) is 210 Å². The third-order valence-electron chi connectivity index (χ3n) is 16.1. The van der Waals surface area contributed by atoms with Gasteiger partial charge in [-0.2, -0.15) is 0 Å². The van der Waals surface area contributed by atoms with Gasteiger partial charge in [0.1, 0.15) is 80.5 Å². The van der Waals surface area contributed by atoms with Gasteiger partial charge in [0.05, 0.1) is 83.2 Å². The number of carbonyl (C=O) groups is 3. The second-order valence-electron chi connectivity index (χ2n) is 22.4. The van der Waals surface area contributed by atoms with E-state index in [2.05, 4.69) is 50.1 Å². The number of phenolic OH excluding ortho intramolecular Hbond substituents is 14. The molecule has 0 spiro atoms. The van der Waals surface area contributed by atoms with Crippen LogP contribution in [0.5, 0.6) is 80.5 Å². The Labute approximate surface area is 688 Å². The first kappa shape index (κ1) is 83.6. The lowest BCUT2D eigenvalue weighted by Crippen LogP contribution is -2.48. The number of carboxylic acids is 3. The summed E-state index contributed by atoms with van der Waals surface area (Å²) in [5, 5.41) is 180. The smallest absolute Gasteiger partial charge is 0.317 e. The van der Waals surface area contributed by atoms with Crippen LogP contribution < -0.4 is 0 Å². The highest BCUT2D eigenvalue weighted by Crippen LogP contribution is 2.48. The van der Waals surface area contributed by atoms with Crippen molar-refractivity contribution < 1.29 is 101 Å². The summed E-state index contributed by atoms with van der Waals surface area (Å²) in [5.74, 6) is -6.14. The average Bonchev–Trinajstić information content (AvgIpc) is 0.833. The normalized spacial score (nSPS) is 16.4. The first-order valence-electron chi connectivity index (χ1n) is 28.7. The van der Waals surface area contributed by atoms with E-state index in [9.17, 15) is 101 Å². The maximum Gasteiger partial charge on any atom is 0.317 e. The Morgan fingerprint density at radius 3 is 0.500 bits per heavy atom. The van der Waals surface area contributed by atoms with Crippen molar-refractivity contribution in [3.63, 3.8) is 0 Å². The number of hydrogen-bond acceptors (Lipinski definition) is 25. The predicted molar refractivity (Wildman–Crippen MR) is 436 cm³/mol. The quantitative estimate of drug-likeness (QED) is 0.0417. The first-order valence-corrected chi connectivity index (χ1v) is 39.5. The van der Waals surface area contributed by atoms with E-state index >= 15 is 0 Å². The molecule has 0 saturated carbocycles. The van der Waals surface area contributed by atoms with E-state index in [1.807, 2.05) is 162 Å². The number of hydrogen-bond donors (Lipinski definition) is 17. The molecule has 0 bridgehead atoms. The van der Waals surface area contributed by atoms with Crippen LogP contribution in [0.1, 0.15) is 33.4 Å². The van der Waals surface area contributed by atoms with Gasteiger partial charge in [-0.1, -0.05) is 0 Å². The maximum atomic E-state index is 11.4. The van der Waals surface area contributed by atoms with Crippen LogP contribution in [0.3, 0.4) is 0 Å². The molecule has 17 N–H and O–H groups in total. The maximum absolute atomic E-state index is 11.4. The number of halogens is 10. The molecule has 0 aromatic heterocycles. The number of benzene rings is 5. The number of carboxylic acid groups (broad SMARTS) is 3. The summed E-state index contributed by atoms with van der Waals surface area (Å²) in [7, 11) is 0. The standard InChI is InChI=1S/C37H38I8N4O11.C21H30I2N4O9/c1-14-19(38)27(50)15(28(51)20(14)39)10-46-2-4-47(11-16-29(52)21(40)35(58)22(41)30(16)53)6-8-49(13-18-33(56)25(44)37(60)26(45)34(18)57)9-7-48(5-3-46)12-17-31(54)23(42)36(59)24(43)32(17)55;22-17-19(34)13(20(35)18(23)21(17)36)9-24-1-3-25(10-14(28)29)5-7-27(12-16(32)33)8-6-26(4-2-24)11-15(30)31/h50-60H,2-13H2,1H3;34-36H,1-12H2,(H,28,29)(H,30,31)(H,32,33). The molecule has 7 rings (SSSR count). The summed E-state index contributed by atoms with van der Waals surface area (Å²) in [5.41, 5.74) is 1.93. The second-order valence-corrected chi connectivity index (χ2v) is 33.2. The molecule has 5 aromatic rings. The van der Waals surface area contributed by atoms with Crippen molar-refractivity contribution in [2.75, 3.05) is 124 Å². The zero-order valence-corrected chi connectivity index (χ0v) is 72.2. The lowest BCUT2D eigenvalue weighted by atomic mass is 10.1. The molecule has 2 saturated heterocycles. The van der Waals surface area contributed by atoms with Crippen LogP contribution in [-0.2, 0) is 47.1 Å². The van der Waals surface area contributed by atoms with E-state index in [1.54, 1.807) is 59.9 Å². The lowest BCUT2D eigenvalue weighted by molar-refractivity contribution is -0.140. The molecule has 2 heterocycles. The van der Waals surface area contributed by atoms with Crippen molar-refractivity contribution in [1.82, 2.24) is 39.2 Å². The summed E-state index contributed by atoms with van der Waals surface area (Å²) in [6, 6.07) is 0. The molecule has 0 unspecified atom stereocenters. The van der Waals surface area contributed by atoms with Crippen molar-refractivity contribution >= 4 is 244 Å². The van der Waals surface area contributed by atoms with E-state index in [1.165, 1.54) is 0 Å². The van der Waals surface area contributed by atoms with Gasteiger partial charge in [-0.15, -0.1) is 0 Å². The van der Waals surface area contributed by atoms with Crippen LogP contribution in [0.25, 0.3) is 0 Å². The highest BCUT2D eigenvalue weighted by Gasteiger charge is 2.31. The SMILES string of the molecule is Cc1c(I)c(O)c(CN2CCN(Cc3c(O)c(I)c(O)c(I)c3O)CCN(Cc3c(O)c(I)c(O)c(I)c3O)CCN(Cc3c(O)c(I)c(O)c(I)c3O)CC2)c(O)c1I.O=C(O)CN1CCN(CC(=O)O)CCN(Cc2c(O)c(I)c(O)c(I)c2O)CCN(CC(=O)O)CC1. The molecule has 2 aliphatic rings. The third kappa shape index (κ3) is 21.4. The van der Waals surface area contributed by atoms with Gasteiger partial charge >= 0.3 is 17.9 Å². The van der Waals surface area contributed by atoms with E-state index in [0.717, 1.165) is 5.56 Å². The minimum Gasteiger partial charge on any atom is -0.506 e. The van der Waals surface area contributed by atoms with Crippen LogP contribution in [0.15, 0.2) is 0 Å². The van der Waals surface area contributed by atoms with Crippen LogP contribution in [0.2, 0.25) is 0 Å². The monoisotopic (exact) mass is 2470 g/mol. The Kier molecular flexibility index (Phi) is 33.0. The number of aliphatic carboxylic acids is 3. The van der Waals surface area contributed by atoms with Gasteiger partial charge in [-0.25, -0.2) is 0 Å². The Morgan fingerprint density at radius 2 is 0.365 bits per heavy atom. The van der Waals surface area contributed by atoms with Gasteiger partial charge in [0, 0.05) is 137 Å². The highest BCUT2D eigenvalue weighted by molar-refractivity contribution is 14.1. The fourth-order valence-corrected chi connectivity index (χ4v) is 19.0. The fourth-order valence-electron chi connectivity index (χ4n) is 10.5. The second kappa shape index (κ2) is 37.9. The van der Waals surface area contributed by atoms with Crippen molar-refractivity contribution in [2.24, 2.45) is 0 Å². The summed E-state index contributed by atoms with van der Waals surface area (Å²) in [6.07, 6.45) is 0. The Bertz CT molecular complexity index is 3210. The van der Waals surface area contributed by atoms with Crippen LogP contribution in [0, 0.1) is 42.6 Å². The van der Waals surface area contributed by atoms with Gasteiger partial charge in [-0.05, 0) is 238 Å². The summed E-state index contributed by atoms with van der Waals surface area (Å²) < 4.78 is 2.74. The van der Waals surface area contributed by atoms with Gasteiger partial charge in [0.15, 0.2) is 0 Å². The highest BCUT2D eigenvalue weighted by atomic mass is 127. The van der Waals surface area contributed by atoms with Crippen molar-refractivity contribution in [3.05, 3.63) is 69.1 Å². The number of nitrogens with zero attached hydrogens (tertiary/aromatic N) is 8. The Balaban J connectivity index is 0.000000345. The molecule has 5 aromatic carbocycles. The molecule has 2 fully saturated rings. The number of rotatable bonds is 16. The van der Waals surface area contributed by atoms with Gasteiger partial charge < -0.3 is 86.8 Å². The molecule has 0 aliphatic carbocycles. The molecule has 0 amide bonds. The Morgan fingerprint density at radius 1 is 0.240 bits per heavy atom. The minimum atomic E-state index is -1.03. The summed E-state index contributed by atoms with van der Waals surface area (Å²) in [6.45, 7) is 6.69. The zero-order chi connectivity index (χ0) is 71.6. The van der Waals surface area contributed by atoms with Gasteiger partial charge in [0.2, 0.25) is 0 Å². The summed E-state index contributed by atoms with van der Waals surface area (Å²) in [4.78, 5) is 49.1. The van der Waals surface area contributed by atoms with Gasteiger partial charge in [-0.3, -0.25) is 53.6 Å². The molecular formula is C58H68I10N8O20. The summed E-state index contributed by atoms with van der Waals surface area (Å²) >= 11 is 18.6. The number of aromatic hydroxyl groups is 14. The van der Waals surface area contributed by atoms with Crippen molar-refractivity contribution in [3.8, 4) is 80.5 Å². The average molecular weight is 2470 g/mol. The first-order chi connectivity index (χ1) is 45.0. The molecule has 2 aliphatic heterocycles. The molecule has 28 nitrogen and oxygen atoms in total. The third-order valence-corrected chi connectivity index (χ3v) is 26.9. The molecular weight excluding hydrogens is 2400 g/mol. The van der Waals surface area contributed by atoms with Crippen LogP contribution in [0.4, 0.5) is 0 Å². The molecule has 96 heavy (non-hydrogen) atoms. The molecule has 0 radical (unpaired) electrons. The van der Waals surface area contributed by atoms with Crippen molar-refractivity contribution in [2.45, 2.75) is 39.6 Å². The molecule has 530 valence electrons.